The number of nitriles is 1. The van der Waals surface area contributed by atoms with E-state index in [1.165, 1.54) is 5.56 Å². The van der Waals surface area contributed by atoms with Crippen LogP contribution in [-0.2, 0) is 5.41 Å². The first-order valence-corrected chi connectivity index (χ1v) is 11.0. The minimum Gasteiger partial charge on any atom is -0.354 e. The van der Waals surface area contributed by atoms with Crippen molar-refractivity contribution in [1.29, 1.82) is 5.26 Å². The molecular formula is C23H20N6OS. The van der Waals surface area contributed by atoms with Crippen molar-refractivity contribution in [1.82, 2.24) is 25.4 Å². The third-order valence-corrected chi connectivity index (χ3v) is 6.75. The summed E-state index contributed by atoms with van der Waals surface area (Å²) >= 11 is 1.63. The maximum absolute atomic E-state index is 9.89. The molecule has 0 atom stereocenters. The van der Waals surface area contributed by atoms with E-state index in [0.29, 0.717) is 17.1 Å². The van der Waals surface area contributed by atoms with Gasteiger partial charge in [-0.3, -0.25) is 9.97 Å². The van der Waals surface area contributed by atoms with E-state index >= 15 is 0 Å². The number of hydrogen-bond donors (Lipinski definition) is 1. The van der Waals surface area contributed by atoms with Crippen LogP contribution in [0, 0.1) is 18.3 Å². The van der Waals surface area contributed by atoms with Crippen molar-refractivity contribution in [2.24, 2.45) is 0 Å². The molecule has 0 saturated carbocycles. The van der Waals surface area contributed by atoms with E-state index in [4.69, 9.17) is 9.51 Å². The Morgan fingerprint density at radius 1 is 1.13 bits per heavy atom. The highest BCUT2D eigenvalue weighted by Gasteiger charge is 2.35. The molecule has 4 aromatic heterocycles. The predicted octanol–water partition coefficient (Wildman–Crippen LogP) is 4.38. The van der Waals surface area contributed by atoms with Crippen LogP contribution < -0.4 is 5.32 Å². The van der Waals surface area contributed by atoms with Gasteiger partial charge >= 0.3 is 0 Å². The first-order chi connectivity index (χ1) is 15.2. The van der Waals surface area contributed by atoms with E-state index < -0.39 is 5.41 Å². The molecule has 0 aliphatic carbocycles. The molecule has 0 unspecified atom stereocenters. The molecule has 4 aromatic rings. The molecule has 0 spiro atoms. The van der Waals surface area contributed by atoms with Crippen molar-refractivity contribution in [2.45, 2.75) is 25.2 Å². The Morgan fingerprint density at radius 2 is 1.97 bits per heavy atom. The molecule has 0 radical (unpaired) electrons. The van der Waals surface area contributed by atoms with E-state index in [0.717, 1.165) is 47.8 Å². The number of nitrogens with zero attached hydrogens (tertiary/aromatic N) is 5. The maximum atomic E-state index is 9.89. The summed E-state index contributed by atoms with van der Waals surface area (Å²) in [4.78, 5) is 14.7. The van der Waals surface area contributed by atoms with E-state index in [9.17, 15) is 5.26 Å². The third kappa shape index (κ3) is 3.63. The molecule has 0 bridgehead atoms. The Bertz CT molecular complexity index is 1260. The van der Waals surface area contributed by atoms with E-state index in [1.807, 2.05) is 23.6 Å². The van der Waals surface area contributed by atoms with Crippen LogP contribution in [0.1, 0.15) is 24.1 Å². The van der Waals surface area contributed by atoms with Crippen molar-refractivity contribution in [3.8, 4) is 39.4 Å². The largest absolute Gasteiger partial charge is 0.354 e. The zero-order chi connectivity index (χ0) is 21.3. The highest BCUT2D eigenvalue weighted by atomic mass is 32.1. The molecule has 7 nitrogen and oxygen atoms in total. The number of aryl methyl sites for hydroxylation is 1. The SMILES string of the molecule is Cc1ccsc1-c1cc(-c2cncc(-c3ccnc(C4(C#N)CCNCC4)c3)n2)on1. The van der Waals surface area contributed by atoms with Crippen LogP contribution >= 0.6 is 11.3 Å². The average molecular weight is 429 g/mol. The molecule has 5 rings (SSSR count). The average Bonchev–Trinajstić information content (AvgIpc) is 3.49. The van der Waals surface area contributed by atoms with E-state index in [2.05, 4.69) is 39.5 Å². The highest BCUT2D eigenvalue weighted by Crippen LogP contribution is 2.34. The van der Waals surface area contributed by atoms with Gasteiger partial charge in [0.05, 0.1) is 34.7 Å². The fraction of sp³-hybridized carbons (Fsp3) is 0.261. The second-order valence-corrected chi connectivity index (χ2v) is 8.59. The Labute approximate surface area is 183 Å². The van der Waals surface area contributed by atoms with Gasteiger partial charge in [0.2, 0.25) is 0 Å². The van der Waals surface area contributed by atoms with Gasteiger partial charge in [0.25, 0.3) is 0 Å². The second-order valence-electron chi connectivity index (χ2n) is 7.67. The topological polar surface area (TPSA) is 101 Å². The van der Waals surface area contributed by atoms with Gasteiger partial charge in [-0.15, -0.1) is 11.3 Å². The summed E-state index contributed by atoms with van der Waals surface area (Å²) in [5.74, 6) is 0.568. The lowest BCUT2D eigenvalue weighted by Crippen LogP contribution is -2.39. The number of piperidine rings is 1. The quantitative estimate of drug-likeness (QED) is 0.515. The summed E-state index contributed by atoms with van der Waals surface area (Å²) in [5.41, 5.74) is 4.37. The van der Waals surface area contributed by atoms with Gasteiger partial charge in [0, 0.05) is 17.8 Å². The number of rotatable bonds is 4. The van der Waals surface area contributed by atoms with Crippen molar-refractivity contribution in [3.05, 3.63) is 59.5 Å². The first-order valence-electron chi connectivity index (χ1n) is 10.1. The zero-order valence-electron chi connectivity index (χ0n) is 17.0. The summed E-state index contributed by atoms with van der Waals surface area (Å²) in [6.45, 7) is 3.68. The van der Waals surface area contributed by atoms with Gasteiger partial charge in [-0.05, 0) is 62.0 Å². The van der Waals surface area contributed by atoms with Crippen LogP contribution in [-0.4, -0.2) is 33.2 Å². The fourth-order valence-corrected chi connectivity index (χ4v) is 4.77. The Balaban J connectivity index is 1.48. The molecule has 1 N–H and O–H groups in total. The van der Waals surface area contributed by atoms with Crippen LogP contribution in [0.25, 0.3) is 33.3 Å². The number of aromatic nitrogens is 4. The summed E-state index contributed by atoms with van der Waals surface area (Å²) in [5, 5.41) is 19.4. The van der Waals surface area contributed by atoms with Crippen molar-refractivity contribution in [2.75, 3.05) is 13.1 Å². The normalized spacial score (nSPS) is 15.5. The highest BCUT2D eigenvalue weighted by molar-refractivity contribution is 7.13. The van der Waals surface area contributed by atoms with Crippen molar-refractivity contribution < 1.29 is 4.52 Å². The van der Waals surface area contributed by atoms with E-state index in [-0.39, 0.29) is 0 Å². The lowest BCUT2D eigenvalue weighted by molar-refractivity contribution is 0.375. The first kappa shape index (κ1) is 19.5. The van der Waals surface area contributed by atoms with Gasteiger partial charge in [0.15, 0.2) is 5.76 Å². The minimum absolute atomic E-state index is 0.565. The number of pyridine rings is 1. The van der Waals surface area contributed by atoms with Crippen LogP contribution in [0.2, 0.25) is 0 Å². The van der Waals surface area contributed by atoms with Gasteiger partial charge in [-0.25, -0.2) is 4.98 Å². The standard InChI is InChI=1S/C23H20N6OS/c1-15-3-9-31-22(15)17-11-20(30-29-17)19-13-26-12-18(28-19)16-2-6-27-21(10-16)23(14-24)4-7-25-8-5-23/h2-3,6,9-13,25H,4-5,7-8H2,1H3. The number of thiophene rings is 1. The maximum Gasteiger partial charge on any atom is 0.187 e. The lowest BCUT2D eigenvalue weighted by atomic mass is 9.77. The molecule has 8 heteroatoms. The van der Waals surface area contributed by atoms with Gasteiger partial charge in [-0.2, -0.15) is 5.26 Å². The Kier molecular flexibility index (Phi) is 5.06. The summed E-state index contributed by atoms with van der Waals surface area (Å²) in [6.07, 6.45) is 6.61. The number of nitrogens with one attached hydrogen (secondary N) is 1. The molecule has 0 amide bonds. The molecule has 1 aliphatic rings. The molecule has 31 heavy (non-hydrogen) atoms. The van der Waals surface area contributed by atoms with Gasteiger partial charge in [0.1, 0.15) is 16.8 Å². The van der Waals surface area contributed by atoms with Crippen LogP contribution in [0.4, 0.5) is 0 Å². The second kappa shape index (κ2) is 8.02. The molecule has 1 fully saturated rings. The third-order valence-electron chi connectivity index (χ3n) is 5.71. The van der Waals surface area contributed by atoms with Gasteiger partial charge in [-0.1, -0.05) is 5.16 Å². The smallest absolute Gasteiger partial charge is 0.187 e. The fourth-order valence-electron chi connectivity index (χ4n) is 3.89. The molecule has 154 valence electrons. The molecular weight excluding hydrogens is 408 g/mol. The lowest BCUT2D eigenvalue weighted by Gasteiger charge is -2.30. The Morgan fingerprint density at radius 3 is 2.74 bits per heavy atom. The van der Waals surface area contributed by atoms with Gasteiger partial charge < -0.3 is 9.84 Å². The van der Waals surface area contributed by atoms with Crippen LogP contribution in [0.5, 0.6) is 0 Å². The van der Waals surface area contributed by atoms with Crippen molar-refractivity contribution >= 4 is 11.3 Å². The summed E-state index contributed by atoms with van der Waals surface area (Å²) in [6, 6.07) is 10.3. The van der Waals surface area contributed by atoms with Crippen LogP contribution in [0.3, 0.4) is 0 Å². The molecule has 5 heterocycles. The van der Waals surface area contributed by atoms with E-state index in [1.54, 1.807) is 29.9 Å². The molecule has 1 aliphatic heterocycles. The zero-order valence-corrected chi connectivity index (χ0v) is 17.8. The molecule has 0 aromatic carbocycles. The predicted molar refractivity (Wildman–Crippen MR) is 118 cm³/mol. The summed E-state index contributed by atoms with van der Waals surface area (Å²) < 4.78 is 5.56. The summed E-state index contributed by atoms with van der Waals surface area (Å²) in [7, 11) is 0. The monoisotopic (exact) mass is 428 g/mol. The number of hydrogen-bond acceptors (Lipinski definition) is 8. The minimum atomic E-state index is -0.565. The molecule has 1 saturated heterocycles. The van der Waals surface area contributed by atoms with Crippen LogP contribution in [0.15, 0.2) is 52.8 Å². The Hall–Kier alpha value is -3.41. The van der Waals surface area contributed by atoms with Crippen molar-refractivity contribution in [3.63, 3.8) is 0 Å².